The molecule has 4 heteroatoms. The minimum absolute atomic E-state index is 0.0280. The predicted molar refractivity (Wildman–Crippen MR) is 64.9 cm³/mol. The number of benzene rings is 1. The average molecular weight is 217 g/mol. The first kappa shape index (κ1) is 10.5. The lowest BCUT2D eigenvalue weighted by molar-refractivity contribution is 0.803. The van der Waals surface area contributed by atoms with E-state index in [0.29, 0.717) is 5.69 Å². The quantitative estimate of drug-likeness (QED) is 0.733. The van der Waals surface area contributed by atoms with E-state index in [9.17, 15) is 4.79 Å². The van der Waals surface area contributed by atoms with Crippen LogP contribution in [0, 0.1) is 13.8 Å². The molecule has 1 heterocycles. The number of hydrogen-bond acceptors (Lipinski definition) is 2. The number of imidazole rings is 1. The van der Waals surface area contributed by atoms with Gasteiger partial charge in [0.2, 0.25) is 0 Å². The van der Waals surface area contributed by atoms with Crippen LogP contribution < -0.4 is 11.4 Å². The van der Waals surface area contributed by atoms with E-state index in [2.05, 4.69) is 0 Å². The topological polar surface area (TPSA) is 52.9 Å². The summed E-state index contributed by atoms with van der Waals surface area (Å²) >= 11 is 0. The summed E-state index contributed by atoms with van der Waals surface area (Å²) < 4.78 is 3.33. The van der Waals surface area contributed by atoms with Crippen molar-refractivity contribution in [2.75, 3.05) is 5.73 Å². The van der Waals surface area contributed by atoms with E-state index in [1.54, 1.807) is 28.3 Å². The van der Waals surface area contributed by atoms with Gasteiger partial charge in [-0.05, 0) is 38.1 Å². The minimum Gasteiger partial charge on any atom is -0.399 e. The van der Waals surface area contributed by atoms with Gasteiger partial charge in [-0.3, -0.25) is 9.13 Å². The lowest BCUT2D eigenvalue weighted by Crippen LogP contribution is -2.21. The zero-order valence-electron chi connectivity index (χ0n) is 9.69. The second-order valence-electron chi connectivity index (χ2n) is 3.94. The van der Waals surface area contributed by atoms with Crippen LogP contribution in [-0.4, -0.2) is 9.13 Å². The van der Waals surface area contributed by atoms with E-state index in [1.165, 1.54) is 0 Å². The zero-order valence-corrected chi connectivity index (χ0v) is 9.69. The van der Waals surface area contributed by atoms with E-state index in [-0.39, 0.29) is 5.69 Å². The van der Waals surface area contributed by atoms with Gasteiger partial charge in [0.05, 0.1) is 5.69 Å². The molecule has 0 saturated carbocycles. The standard InChI is InChI=1S/C12H15N3O/c1-8-9(2)15(12(16)14(8)3)11-6-4-10(13)5-7-11/h4-7H,13H2,1-3H3. The summed E-state index contributed by atoms with van der Waals surface area (Å²) in [6.45, 7) is 3.87. The smallest absolute Gasteiger partial charge is 0.332 e. The fourth-order valence-electron chi connectivity index (χ4n) is 1.77. The number of anilines is 1. The molecule has 2 N–H and O–H groups in total. The Morgan fingerprint density at radius 2 is 1.62 bits per heavy atom. The second kappa shape index (κ2) is 3.56. The largest absolute Gasteiger partial charge is 0.399 e. The monoisotopic (exact) mass is 217 g/mol. The molecule has 0 aliphatic carbocycles. The van der Waals surface area contributed by atoms with Crippen molar-refractivity contribution < 1.29 is 0 Å². The Hall–Kier alpha value is -1.97. The molecular formula is C12H15N3O. The zero-order chi connectivity index (χ0) is 11.9. The van der Waals surface area contributed by atoms with Gasteiger partial charge in [-0.15, -0.1) is 0 Å². The van der Waals surface area contributed by atoms with Crippen LogP contribution in [0.15, 0.2) is 29.1 Å². The van der Waals surface area contributed by atoms with Crippen molar-refractivity contribution in [1.82, 2.24) is 9.13 Å². The van der Waals surface area contributed by atoms with Crippen molar-refractivity contribution >= 4 is 5.69 Å². The third-order valence-corrected chi connectivity index (χ3v) is 2.99. The van der Waals surface area contributed by atoms with Crippen LogP contribution in [0.4, 0.5) is 5.69 Å². The van der Waals surface area contributed by atoms with Crippen LogP contribution in [-0.2, 0) is 7.05 Å². The van der Waals surface area contributed by atoms with Gasteiger partial charge in [0.25, 0.3) is 0 Å². The Morgan fingerprint density at radius 1 is 1.06 bits per heavy atom. The van der Waals surface area contributed by atoms with Crippen LogP contribution in [0.3, 0.4) is 0 Å². The maximum Gasteiger partial charge on any atom is 0.332 e. The van der Waals surface area contributed by atoms with Crippen molar-refractivity contribution in [2.45, 2.75) is 13.8 Å². The van der Waals surface area contributed by atoms with E-state index in [4.69, 9.17) is 5.73 Å². The normalized spacial score (nSPS) is 10.7. The van der Waals surface area contributed by atoms with Gasteiger partial charge < -0.3 is 5.73 Å². The third-order valence-electron chi connectivity index (χ3n) is 2.99. The molecule has 0 fully saturated rings. The maximum absolute atomic E-state index is 12.0. The summed E-state index contributed by atoms with van der Waals surface area (Å²) in [5.74, 6) is 0. The lowest BCUT2D eigenvalue weighted by atomic mass is 10.2. The molecule has 1 aromatic carbocycles. The van der Waals surface area contributed by atoms with Gasteiger partial charge in [-0.1, -0.05) is 0 Å². The number of rotatable bonds is 1. The summed E-state index contributed by atoms with van der Waals surface area (Å²) in [4.78, 5) is 12.0. The second-order valence-corrected chi connectivity index (χ2v) is 3.94. The maximum atomic E-state index is 12.0. The first-order chi connectivity index (χ1) is 7.52. The van der Waals surface area contributed by atoms with Gasteiger partial charge in [0.1, 0.15) is 0 Å². The number of aromatic nitrogens is 2. The minimum atomic E-state index is -0.0280. The fraction of sp³-hybridized carbons (Fsp3) is 0.250. The van der Waals surface area contributed by atoms with Crippen molar-refractivity contribution in [3.8, 4) is 5.69 Å². The summed E-state index contributed by atoms with van der Waals surface area (Å²) in [6, 6.07) is 7.29. The van der Waals surface area contributed by atoms with Crippen LogP contribution in [0.2, 0.25) is 0 Å². The molecule has 0 aliphatic heterocycles. The Balaban J connectivity index is 2.70. The predicted octanol–water partition coefficient (Wildman–Crippen LogP) is 1.38. The Labute approximate surface area is 93.9 Å². The van der Waals surface area contributed by atoms with E-state index in [0.717, 1.165) is 17.1 Å². The molecule has 4 nitrogen and oxygen atoms in total. The molecule has 84 valence electrons. The molecule has 16 heavy (non-hydrogen) atoms. The summed E-state index contributed by atoms with van der Waals surface area (Å²) in [5, 5.41) is 0. The molecular weight excluding hydrogens is 202 g/mol. The van der Waals surface area contributed by atoms with Crippen molar-refractivity contribution in [1.29, 1.82) is 0 Å². The van der Waals surface area contributed by atoms with Crippen molar-refractivity contribution in [2.24, 2.45) is 7.05 Å². The highest BCUT2D eigenvalue weighted by atomic mass is 16.1. The van der Waals surface area contributed by atoms with Crippen LogP contribution in [0.5, 0.6) is 0 Å². The van der Waals surface area contributed by atoms with Gasteiger partial charge >= 0.3 is 5.69 Å². The van der Waals surface area contributed by atoms with Gasteiger partial charge in [0, 0.05) is 24.1 Å². The molecule has 0 saturated heterocycles. The van der Waals surface area contributed by atoms with Gasteiger partial charge in [-0.25, -0.2) is 4.79 Å². The molecule has 0 aliphatic rings. The third kappa shape index (κ3) is 1.43. The average Bonchev–Trinajstić information content (AvgIpc) is 2.46. The van der Waals surface area contributed by atoms with Gasteiger partial charge in [-0.2, -0.15) is 0 Å². The molecule has 0 amide bonds. The highest BCUT2D eigenvalue weighted by molar-refractivity contribution is 5.46. The Kier molecular flexibility index (Phi) is 2.34. The number of nitrogens with zero attached hydrogens (tertiary/aromatic N) is 2. The summed E-state index contributed by atoms with van der Waals surface area (Å²) in [6.07, 6.45) is 0. The molecule has 0 unspecified atom stereocenters. The SMILES string of the molecule is Cc1c(C)n(-c2ccc(N)cc2)c(=O)n1C. The molecule has 0 spiro atoms. The first-order valence-electron chi connectivity index (χ1n) is 5.13. The van der Waals surface area contributed by atoms with Crippen LogP contribution in [0.1, 0.15) is 11.4 Å². The summed E-state index contributed by atoms with van der Waals surface area (Å²) in [7, 11) is 1.78. The van der Waals surface area contributed by atoms with Gasteiger partial charge in [0.15, 0.2) is 0 Å². The molecule has 2 rings (SSSR count). The molecule has 0 bridgehead atoms. The van der Waals surface area contributed by atoms with Crippen molar-refractivity contribution in [3.05, 3.63) is 46.1 Å². The highest BCUT2D eigenvalue weighted by Gasteiger charge is 2.11. The molecule has 2 aromatic rings. The van der Waals surface area contributed by atoms with E-state index >= 15 is 0 Å². The van der Waals surface area contributed by atoms with Crippen molar-refractivity contribution in [3.63, 3.8) is 0 Å². The number of nitrogen functional groups attached to an aromatic ring is 1. The molecule has 1 aromatic heterocycles. The number of nitrogens with two attached hydrogens (primary N) is 1. The Bertz CT molecular complexity index is 576. The fourth-order valence-corrected chi connectivity index (χ4v) is 1.77. The Morgan fingerprint density at radius 3 is 2.06 bits per heavy atom. The molecule has 0 radical (unpaired) electrons. The summed E-state index contributed by atoms with van der Waals surface area (Å²) in [5.41, 5.74) is 9.07. The van der Waals surface area contributed by atoms with E-state index in [1.807, 2.05) is 26.0 Å². The lowest BCUT2D eigenvalue weighted by Gasteiger charge is -2.04. The highest BCUT2D eigenvalue weighted by Crippen LogP contribution is 2.13. The molecule has 0 atom stereocenters. The first-order valence-corrected chi connectivity index (χ1v) is 5.13. The van der Waals surface area contributed by atoms with Crippen LogP contribution in [0.25, 0.3) is 5.69 Å². The van der Waals surface area contributed by atoms with Crippen LogP contribution >= 0.6 is 0 Å². The number of hydrogen-bond donors (Lipinski definition) is 1. The van der Waals surface area contributed by atoms with E-state index < -0.39 is 0 Å².